The van der Waals surface area contributed by atoms with E-state index < -0.39 is 0 Å². The summed E-state index contributed by atoms with van der Waals surface area (Å²) in [7, 11) is 0. The van der Waals surface area contributed by atoms with Gasteiger partial charge in [-0.3, -0.25) is 9.48 Å². The fourth-order valence-corrected chi connectivity index (χ4v) is 4.49. The van der Waals surface area contributed by atoms with Crippen molar-refractivity contribution < 1.29 is 9.21 Å². The quantitative estimate of drug-likeness (QED) is 0.475. The van der Waals surface area contributed by atoms with Crippen LogP contribution in [0.5, 0.6) is 0 Å². The number of carbonyl (C=O) groups is 1. The fraction of sp³-hybridized carbons (Fsp3) is 0.440. The molecule has 0 aliphatic heterocycles. The molecular weight excluding hydrogens is 424 g/mol. The number of carbonyl (C=O) groups excluding carboxylic acids is 1. The third-order valence-electron chi connectivity index (χ3n) is 6.21. The molecule has 6 nitrogen and oxygen atoms in total. The third-order valence-corrected chi connectivity index (χ3v) is 6.46. The van der Waals surface area contributed by atoms with Gasteiger partial charge in [0.05, 0.1) is 12.2 Å². The zero-order valence-corrected chi connectivity index (χ0v) is 19.8. The van der Waals surface area contributed by atoms with Gasteiger partial charge in [-0.2, -0.15) is 5.10 Å². The minimum absolute atomic E-state index is 0.140. The minimum Gasteiger partial charge on any atom is -0.455 e. The summed E-state index contributed by atoms with van der Waals surface area (Å²) in [6, 6.07) is 7.82. The minimum atomic E-state index is -0.140. The van der Waals surface area contributed by atoms with Gasteiger partial charge in [-0.15, -0.1) is 0 Å². The van der Waals surface area contributed by atoms with Gasteiger partial charge in [-0.1, -0.05) is 37.6 Å². The van der Waals surface area contributed by atoms with Crippen LogP contribution in [0.15, 0.2) is 34.9 Å². The SMILES string of the molecule is CCN(CC)CCCNC(=O)c1oc2c(c1C)-c1nn(Cc3ccc(Cl)cc3)cc1CC2. The highest BCUT2D eigenvalue weighted by molar-refractivity contribution is 6.30. The normalized spacial score (nSPS) is 12.7. The number of furan rings is 1. The molecule has 7 heteroatoms. The molecule has 1 N–H and O–H groups in total. The molecular formula is C25H31ClN4O2. The Morgan fingerprint density at radius 3 is 2.69 bits per heavy atom. The fourth-order valence-electron chi connectivity index (χ4n) is 4.36. The number of aromatic nitrogens is 2. The lowest BCUT2D eigenvalue weighted by atomic mass is 9.93. The summed E-state index contributed by atoms with van der Waals surface area (Å²) in [5.74, 6) is 1.14. The predicted molar refractivity (Wildman–Crippen MR) is 127 cm³/mol. The molecule has 1 aliphatic rings. The highest BCUT2D eigenvalue weighted by Gasteiger charge is 2.29. The van der Waals surface area contributed by atoms with Crippen LogP contribution in [0.3, 0.4) is 0 Å². The molecule has 32 heavy (non-hydrogen) atoms. The van der Waals surface area contributed by atoms with Gasteiger partial charge in [0.2, 0.25) is 0 Å². The number of rotatable bonds is 9. The van der Waals surface area contributed by atoms with Crippen molar-refractivity contribution >= 4 is 17.5 Å². The molecule has 4 rings (SSSR count). The number of aryl methyl sites for hydroxylation is 2. The molecule has 0 saturated heterocycles. The van der Waals surface area contributed by atoms with Crippen LogP contribution >= 0.6 is 11.6 Å². The average Bonchev–Trinajstić information content (AvgIpc) is 3.35. The molecule has 3 aromatic rings. The molecule has 0 radical (unpaired) electrons. The second-order valence-corrected chi connectivity index (χ2v) is 8.75. The van der Waals surface area contributed by atoms with E-state index in [0.29, 0.717) is 18.8 Å². The molecule has 1 aromatic carbocycles. The topological polar surface area (TPSA) is 63.3 Å². The summed E-state index contributed by atoms with van der Waals surface area (Å²) in [5.41, 5.74) is 5.13. The van der Waals surface area contributed by atoms with Crippen molar-refractivity contribution in [2.75, 3.05) is 26.2 Å². The monoisotopic (exact) mass is 454 g/mol. The lowest BCUT2D eigenvalue weighted by Gasteiger charge is -2.17. The van der Waals surface area contributed by atoms with Crippen molar-refractivity contribution in [2.45, 2.75) is 46.6 Å². The number of nitrogens with one attached hydrogen (secondary N) is 1. The van der Waals surface area contributed by atoms with E-state index in [0.717, 1.165) is 72.1 Å². The van der Waals surface area contributed by atoms with E-state index in [1.807, 2.05) is 35.9 Å². The van der Waals surface area contributed by atoms with Gasteiger partial charge in [0.25, 0.3) is 5.91 Å². The summed E-state index contributed by atoms with van der Waals surface area (Å²) < 4.78 is 7.99. The summed E-state index contributed by atoms with van der Waals surface area (Å²) >= 11 is 6.00. The summed E-state index contributed by atoms with van der Waals surface area (Å²) in [6.45, 7) is 10.6. The number of nitrogens with zero attached hydrogens (tertiary/aromatic N) is 3. The van der Waals surface area contributed by atoms with E-state index in [-0.39, 0.29) is 5.91 Å². The Morgan fingerprint density at radius 1 is 1.22 bits per heavy atom. The molecule has 2 aromatic heterocycles. The maximum Gasteiger partial charge on any atom is 0.287 e. The van der Waals surface area contributed by atoms with Crippen LogP contribution in [0.2, 0.25) is 5.02 Å². The van der Waals surface area contributed by atoms with Crippen LogP contribution in [0.25, 0.3) is 11.3 Å². The molecule has 0 saturated carbocycles. The summed E-state index contributed by atoms with van der Waals surface area (Å²) in [6.07, 6.45) is 4.67. The Labute approximate surface area is 194 Å². The first-order valence-corrected chi connectivity index (χ1v) is 11.8. The molecule has 1 amide bonds. The van der Waals surface area contributed by atoms with Crippen LogP contribution in [0.1, 0.15) is 53.3 Å². The summed E-state index contributed by atoms with van der Waals surface area (Å²) in [4.78, 5) is 15.2. The van der Waals surface area contributed by atoms with Crippen molar-refractivity contribution in [1.29, 1.82) is 0 Å². The first-order valence-electron chi connectivity index (χ1n) is 11.4. The number of benzene rings is 1. The Hall–Kier alpha value is -2.57. The Balaban J connectivity index is 1.47. The van der Waals surface area contributed by atoms with Crippen LogP contribution < -0.4 is 5.32 Å². The number of halogens is 1. The Morgan fingerprint density at radius 2 is 1.97 bits per heavy atom. The maximum atomic E-state index is 12.8. The van der Waals surface area contributed by atoms with Crippen molar-refractivity contribution in [3.05, 3.63) is 63.7 Å². The number of hydrogen-bond acceptors (Lipinski definition) is 4. The standard InChI is InChI=1S/C25H31ClN4O2/c1-4-29(5-2)14-6-13-27-25(31)24-17(3)22-21(32-24)12-9-19-16-30(28-23(19)22)15-18-7-10-20(26)11-8-18/h7-8,10-11,16H,4-6,9,12-15H2,1-3H3,(H,27,31). The van der Waals surface area contributed by atoms with E-state index in [4.69, 9.17) is 21.1 Å². The predicted octanol–water partition coefficient (Wildman–Crippen LogP) is 4.71. The van der Waals surface area contributed by atoms with Gasteiger partial charge in [-0.25, -0.2) is 0 Å². The van der Waals surface area contributed by atoms with Crippen molar-refractivity contribution in [3.8, 4) is 11.3 Å². The molecule has 2 heterocycles. The van der Waals surface area contributed by atoms with Gasteiger partial charge in [0, 0.05) is 35.3 Å². The van der Waals surface area contributed by atoms with E-state index in [1.165, 1.54) is 5.56 Å². The number of amides is 1. The van der Waals surface area contributed by atoms with Crippen molar-refractivity contribution in [2.24, 2.45) is 0 Å². The smallest absolute Gasteiger partial charge is 0.287 e. The van der Waals surface area contributed by atoms with Crippen LogP contribution in [0.4, 0.5) is 0 Å². The highest BCUT2D eigenvalue weighted by Crippen LogP contribution is 2.38. The van der Waals surface area contributed by atoms with Crippen LogP contribution in [0, 0.1) is 6.92 Å². The lowest BCUT2D eigenvalue weighted by molar-refractivity contribution is 0.0921. The van der Waals surface area contributed by atoms with Gasteiger partial charge in [-0.05, 0) is 62.7 Å². The van der Waals surface area contributed by atoms with Crippen molar-refractivity contribution in [1.82, 2.24) is 20.0 Å². The van der Waals surface area contributed by atoms with Crippen LogP contribution in [-0.2, 0) is 19.4 Å². The zero-order valence-electron chi connectivity index (χ0n) is 19.1. The third kappa shape index (κ3) is 4.76. The molecule has 170 valence electrons. The molecule has 0 atom stereocenters. The van der Waals surface area contributed by atoms with Gasteiger partial charge in [0.1, 0.15) is 5.76 Å². The largest absolute Gasteiger partial charge is 0.455 e. The second-order valence-electron chi connectivity index (χ2n) is 8.32. The van der Waals surface area contributed by atoms with E-state index in [9.17, 15) is 4.79 Å². The highest BCUT2D eigenvalue weighted by atomic mass is 35.5. The maximum absolute atomic E-state index is 12.8. The van der Waals surface area contributed by atoms with E-state index in [1.54, 1.807) is 0 Å². The lowest BCUT2D eigenvalue weighted by Crippen LogP contribution is -2.30. The molecule has 0 spiro atoms. The number of fused-ring (bicyclic) bond motifs is 3. The zero-order chi connectivity index (χ0) is 22.7. The molecule has 0 fully saturated rings. The van der Waals surface area contributed by atoms with Gasteiger partial charge in [0.15, 0.2) is 5.76 Å². The van der Waals surface area contributed by atoms with E-state index in [2.05, 4.69) is 30.3 Å². The van der Waals surface area contributed by atoms with Crippen LogP contribution in [-0.4, -0.2) is 46.8 Å². The van der Waals surface area contributed by atoms with Gasteiger partial charge >= 0.3 is 0 Å². The van der Waals surface area contributed by atoms with Gasteiger partial charge < -0.3 is 14.6 Å². The Bertz CT molecular complexity index is 1080. The average molecular weight is 455 g/mol. The first kappa shape index (κ1) is 22.6. The second kappa shape index (κ2) is 9.92. The summed E-state index contributed by atoms with van der Waals surface area (Å²) in [5, 5.41) is 8.59. The first-order chi connectivity index (χ1) is 15.5. The molecule has 0 bridgehead atoms. The van der Waals surface area contributed by atoms with Crippen molar-refractivity contribution in [3.63, 3.8) is 0 Å². The molecule has 0 unspecified atom stereocenters. The van der Waals surface area contributed by atoms with E-state index >= 15 is 0 Å². The number of hydrogen-bond donors (Lipinski definition) is 1. The molecule has 1 aliphatic carbocycles. The Kier molecular flexibility index (Phi) is 7.01.